The molecule has 3 fully saturated rings. The number of rotatable bonds is 9. The number of aliphatic hydroxyl groups excluding tert-OH is 1. The normalized spacial score (nSPS) is 21.5. The molecule has 2 aromatic carbocycles. The third-order valence-electron chi connectivity index (χ3n) is 8.44. The number of ether oxygens (including phenoxy) is 2. The Bertz CT molecular complexity index is 1520. The molecule has 3 aliphatic rings. The summed E-state index contributed by atoms with van der Waals surface area (Å²) in [7, 11) is 0. The number of nitriles is 1. The van der Waals surface area contributed by atoms with Crippen molar-refractivity contribution >= 4 is 23.2 Å². The Balaban J connectivity index is 1.06. The summed E-state index contributed by atoms with van der Waals surface area (Å²) in [6.45, 7) is 8.42. The quantitative estimate of drug-likeness (QED) is 0.367. The largest absolute Gasteiger partial charge is 0.486 e. The van der Waals surface area contributed by atoms with Crippen LogP contribution in [0.15, 0.2) is 48.8 Å². The Morgan fingerprint density at radius 2 is 1.93 bits per heavy atom. The molecule has 0 spiro atoms. The number of nitrogens with one attached hydrogen (secondary N) is 1. The van der Waals surface area contributed by atoms with Crippen molar-refractivity contribution in [1.29, 1.82) is 5.26 Å². The molecule has 0 aliphatic carbocycles. The number of nitrogens with zero attached hydrogens (tertiary/aromatic N) is 7. The molecule has 3 aromatic rings. The number of anilines is 3. The molecule has 0 radical (unpaired) electrons. The van der Waals surface area contributed by atoms with Gasteiger partial charge in [-0.05, 0) is 49.4 Å². The molecule has 0 bridgehead atoms. The Hall–Kier alpha value is -4.38. The lowest BCUT2D eigenvalue weighted by atomic mass is 10.0. The summed E-state index contributed by atoms with van der Waals surface area (Å²) in [6.07, 6.45) is -1.82. The highest BCUT2D eigenvalue weighted by atomic mass is 19.1. The van der Waals surface area contributed by atoms with E-state index in [-0.39, 0.29) is 30.8 Å². The molecule has 4 heterocycles. The van der Waals surface area contributed by atoms with Gasteiger partial charge in [0.15, 0.2) is 12.0 Å². The maximum atomic E-state index is 14.9. The van der Waals surface area contributed by atoms with E-state index in [0.717, 1.165) is 51.6 Å². The van der Waals surface area contributed by atoms with Gasteiger partial charge in [0.05, 0.1) is 25.3 Å². The van der Waals surface area contributed by atoms with Crippen LogP contribution in [0.25, 0.3) is 11.4 Å². The van der Waals surface area contributed by atoms with Gasteiger partial charge >= 0.3 is 0 Å². The van der Waals surface area contributed by atoms with Crippen molar-refractivity contribution in [1.82, 2.24) is 24.8 Å². The van der Waals surface area contributed by atoms with E-state index in [0.29, 0.717) is 23.3 Å². The molecule has 1 aromatic heterocycles. The van der Waals surface area contributed by atoms with Crippen LogP contribution in [-0.4, -0.2) is 113 Å². The number of benzene rings is 2. The molecule has 45 heavy (non-hydrogen) atoms. The average molecular weight is 617 g/mol. The molecular weight excluding hydrogens is 579 g/mol. The van der Waals surface area contributed by atoms with Crippen molar-refractivity contribution in [2.45, 2.75) is 31.7 Å². The van der Waals surface area contributed by atoms with Gasteiger partial charge in [-0.3, -0.25) is 9.69 Å². The lowest BCUT2D eigenvalue weighted by Crippen LogP contribution is -2.51. The van der Waals surface area contributed by atoms with Crippen LogP contribution in [-0.2, 0) is 9.53 Å². The van der Waals surface area contributed by atoms with Gasteiger partial charge in [-0.1, -0.05) is 0 Å². The first kappa shape index (κ1) is 30.6. The number of hydrogen-bond acceptors (Lipinski definition) is 11. The maximum absolute atomic E-state index is 14.9. The Labute approximate surface area is 261 Å². The number of aromatic nitrogens is 3. The van der Waals surface area contributed by atoms with Crippen molar-refractivity contribution in [3.05, 3.63) is 54.4 Å². The molecule has 1 amide bonds. The number of amides is 1. The lowest BCUT2D eigenvalue weighted by Gasteiger charge is -2.39. The first-order chi connectivity index (χ1) is 21.9. The SMILES string of the molecule is C[C@H](O)C(=O)N1CC[C@H](Oc2ccc(-c3ncnc(Nc4ccc(N5CCN(CC6COC6)CC5)cc4)n3)cc2C#N)[C@@H](F)C1. The molecule has 2 N–H and O–H groups in total. The smallest absolute Gasteiger partial charge is 0.251 e. The second kappa shape index (κ2) is 13.7. The van der Waals surface area contributed by atoms with E-state index < -0.39 is 24.3 Å². The minimum atomic E-state index is -1.46. The zero-order chi connectivity index (χ0) is 31.3. The molecule has 13 heteroatoms. The fourth-order valence-electron chi connectivity index (χ4n) is 5.83. The molecule has 236 valence electrons. The Morgan fingerprint density at radius 1 is 1.16 bits per heavy atom. The van der Waals surface area contributed by atoms with Gasteiger partial charge in [0, 0.05) is 68.5 Å². The zero-order valence-electron chi connectivity index (χ0n) is 25.2. The van der Waals surface area contributed by atoms with E-state index in [2.05, 4.69) is 48.3 Å². The van der Waals surface area contributed by atoms with Crippen LogP contribution < -0.4 is 15.0 Å². The van der Waals surface area contributed by atoms with Gasteiger partial charge in [-0.2, -0.15) is 10.2 Å². The Kier molecular flexibility index (Phi) is 9.34. The predicted molar refractivity (Wildman–Crippen MR) is 165 cm³/mol. The van der Waals surface area contributed by atoms with Crippen molar-refractivity contribution in [2.24, 2.45) is 5.92 Å². The standard InChI is InChI=1S/C32H37FN8O4/c1-21(42)31(43)41-9-8-29(27(33)17-41)45-28-7-2-23(14-24(28)15-34)30-35-20-36-32(38-30)37-25-3-5-26(6-4-25)40-12-10-39(11-13-40)16-22-18-44-19-22/h2-7,14,20-22,27,29,42H,8-13,16-19H2,1H3,(H,35,36,37,38)/t21-,27-,29-/m0/s1. The van der Waals surface area contributed by atoms with Crippen LogP contribution in [0.1, 0.15) is 18.9 Å². The van der Waals surface area contributed by atoms with Crippen LogP contribution in [0.3, 0.4) is 0 Å². The van der Waals surface area contributed by atoms with E-state index in [1.807, 2.05) is 12.1 Å². The minimum Gasteiger partial charge on any atom is -0.486 e. The molecular formula is C32H37FN8O4. The molecule has 3 atom stereocenters. The second-order valence-electron chi connectivity index (χ2n) is 11.7. The Morgan fingerprint density at radius 3 is 2.60 bits per heavy atom. The number of hydrogen-bond donors (Lipinski definition) is 2. The first-order valence-corrected chi connectivity index (χ1v) is 15.3. The van der Waals surface area contributed by atoms with Crippen molar-refractivity contribution in [3.8, 4) is 23.2 Å². The highest BCUT2D eigenvalue weighted by molar-refractivity contribution is 5.80. The second-order valence-corrected chi connectivity index (χ2v) is 11.7. The molecule has 6 rings (SSSR count). The topological polar surface area (TPSA) is 140 Å². The van der Waals surface area contributed by atoms with E-state index in [1.54, 1.807) is 18.2 Å². The fourth-order valence-corrected chi connectivity index (χ4v) is 5.83. The summed E-state index contributed by atoms with van der Waals surface area (Å²) in [4.78, 5) is 31.3. The highest BCUT2D eigenvalue weighted by Crippen LogP contribution is 2.29. The fraction of sp³-hybridized carbons (Fsp3) is 0.469. The number of piperidine rings is 1. The van der Waals surface area contributed by atoms with E-state index >= 15 is 0 Å². The van der Waals surface area contributed by atoms with Crippen LogP contribution in [0, 0.1) is 17.2 Å². The predicted octanol–water partition coefficient (Wildman–Crippen LogP) is 2.62. The molecule has 3 saturated heterocycles. The van der Waals surface area contributed by atoms with Gasteiger partial charge in [-0.25, -0.2) is 14.4 Å². The zero-order valence-corrected chi connectivity index (χ0v) is 25.2. The van der Waals surface area contributed by atoms with E-state index in [9.17, 15) is 19.6 Å². The third-order valence-corrected chi connectivity index (χ3v) is 8.44. The first-order valence-electron chi connectivity index (χ1n) is 15.3. The highest BCUT2D eigenvalue weighted by Gasteiger charge is 2.34. The third kappa shape index (κ3) is 7.30. The van der Waals surface area contributed by atoms with Crippen molar-refractivity contribution < 1.29 is 23.8 Å². The molecule has 0 unspecified atom stereocenters. The van der Waals surface area contributed by atoms with Gasteiger partial charge in [0.2, 0.25) is 5.95 Å². The van der Waals surface area contributed by atoms with Crippen molar-refractivity contribution in [2.75, 3.05) is 69.2 Å². The number of alkyl halides is 1. The summed E-state index contributed by atoms with van der Waals surface area (Å²) < 4.78 is 26.1. The number of carbonyl (C=O) groups excluding carboxylic acids is 1. The van der Waals surface area contributed by atoms with Crippen LogP contribution in [0.5, 0.6) is 5.75 Å². The summed E-state index contributed by atoms with van der Waals surface area (Å²) >= 11 is 0. The van der Waals surface area contributed by atoms with Gasteiger partial charge in [-0.15, -0.1) is 0 Å². The van der Waals surface area contributed by atoms with Gasteiger partial charge in [0.1, 0.15) is 30.4 Å². The number of piperazine rings is 1. The number of halogens is 1. The van der Waals surface area contributed by atoms with Gasteiger partial charge < -0.3 is 29.7 Å². The molecule has 12 nitrogen and oxygen atoms in total. The van der Waals surface area contributed by atoms with E-state index in [1.165, 1.54) is 23.8 Å². The molecule has 0 saturated carbocycles. The maximum Gasteiger partial charge on any atom is 0.251 e. The summed E-state index contributed by atoms with van der Waals surface area (Å²) in [5, 5.41) is 22.6. The summed E-state index contributed by atoms with van der Waals surface area (Å²) in [5.41, 5.74) is 2.80. The lowest BCUT2D eigenvalue weighted by molar-refractivity contribution is -0.143. The number of carbonyl (C=O) groups is 1. The van der Waals surface area contributed by atoms with Crippen LogP contribution in [0.2, 0.25) is 0 Å². The van der Waals surface area contributed by atoms with E-state index in [4.69, 9.17) is 9.47 Å². The molecule has 3 aliphatic heterocycles. The van der Waals surface area contributed by atoms with Gasteiger partial charge in [0.25, 0.3) is 5.91 Å². The minimum absolute atomic E-state index is 0.175. The summed E-state index contributed by atoms with van der Waals surface area (Å²) in [5.74, 6) is 1.14. The average Bonchev–Trinajstić information content (AvgIpc) is 3.04. The monoisotopic (exact) mass is 616 g/mol. The number of likely N-dealkylation sites (tertiary alicyclic amines) is 1. The number of aliphatic hydroxyl groups is 1. The van der Waals surface area contributed by atoms with Crippen molar-refractivity contribution in [3.63, 3.8) is 0 Å². The van der Waals surface area contributed by atoms with Crippen LogP contribution >= 0.6 is 0 Å². The van der Waals surface area contributed by atoms with Crippen LogP contribution in [0.4, 0.5) is 21.7 Å². The summed E-state index contributed by atoms with van der Waals surface area (Å²) in [6, 6.07) is 15.2.